The first-order valence-electron chi connectivity index (χ1n) is 11.9. The van der Waals surface area contributed by atoms with Crippen molar-refractivity contribution >= 4 is 16.8 Å². The van der Waals surface area contributed by atoms with Crippen molar-refractivity contribution < 1.29 is 0 Å². The first-order chi connectivity index (χ1) is 17.5. The van der Waals surface area contributed by atoms with E-state index in [9.17, 15) is 4.79 Å². The van der Waals surface area contributed by atoms with Crippen LogP contribution in [-0.4, -0.2) is 33.7 Å². The SMILES string of the molecule is CC(C)c1ccccc1-c1ncc2c(n1)n(Cc1ccc(-c3cccc4ncnn34)cc1)c(=O)n2C. The maximum atomic E-state index is 13.2. The molecule has 8 nitrogen and oxygen atoms in total. The van der Waals surface area contributed by atoms with Crippen LogP contribution in [-0.2, 0) is 13.6 Å². The van der Waals surface area contributed by atoms with E-state index in [1.54, 1.807) is 28.7 Å². The fraction of sp³-hybridized carbons (Fsp3) is 0.179. The molecule has 6 rings (SSSR count). The minimum atomic E-state index is -0.120. The summed E-state index contributed by atoms with van der Waals surface area (Å²) < 4.78 is 5.14. The summed E-state index contributed by atoms with van der Waals surface area (Å²) in [7, 11) is 1.76. The molecule has 0 radical (unpaired) electrons. The number of imidazole rings is 1. The molecule has 0 aliphatic heterocycles. The highest BCUT2D eigenvalue weighted by atomic mass is 16.1. The molecule has 178 valence electrons. The number of fused-ring (bicyclic) bond motifs is 2. The van der Waals surface area contributed by atoms with Gasteiger partial charge in [-0.25, -0.2) is 24.3 Å². The molecule has 0 fully saturated rings. The van der Waals surface area contributed by atoms with Crippen LogP contribution < -0.4 is 5.69 Å². The van der Waals surface area contributed by atoms with E-state index in [0.717, 1.165) is 28.0 Å². The molecule has 6 aromatic rings. The largest absolute Gasteiger partial charge is 0.330 e. The maximum Gasteiger partial charge on any atom is 0.330 e. The Kier molecular flexibility index (Phi) is 5.21. The van der Waals surface area contributed by atoms with Gasteiger partial charge in [0.15, 0.2) is 17.1 Å². The van der Waals surface area contributed by atoms with E-state index in [1.165, 1.54) is 5.56 Å². The molecule has 4 heterocycles. The topological polar surface area (TPSA) is 82.9 Å². The molecule has 0 amide bonds. The van der Waals surface area contributed by atoms with Crippen molar-refractivity contribution in [3.63, 3.8) is 0 Å². The van der Waals surface area contributed by atoms with Gasteiger partial charge < -0.3 is 0 Å². The Morgan fingerprint density at radius 1 is 0.917 bits per heavy atom. The van der Waals surface area contributed by atoms with Gasteiger partial charge in [-0.05, 0) is 29.2 Å². The van der Waals surface area contributed by atoms with Gasteiger partial charge in [0.1, 0.15) is 11.8 Å². The van der Waals surface area contributed by atoms with Gasteiger partial charge in [-0.15, -0.1) is 0 Å². The highest BCUT2D eigenvalue weighted by molar-refractivity contribution is 5.74. The molecule has 36 heavy (non-hydrogen) atoms. The highest BCUT2D eigenvalue weighted by Gasteiger charge is 2.17. The quantitative estimate of drug-likeness (QED) is 0.362. The molecule has 0 aliphatic carbocycles. The van der Waals surface area contributed by atoms with E-state index < -0.39 is 0 Å². The van der Waals surface area contributed by atoms with E-state index in [4.69, 9.17) is 4.98 Å². The molecule has 0 aliphatic rings. The first-order valence-corrected chi connectivity index (χ1v) is 11.9. The van der Waals surface area contributed by atoms with Crippen LogP contribution in [0.2, 0.25) is 0 Å². The number of nitrogens with zero attached hydrogens (tertiary/aromatic N) is 7. The molecular formula is C28H25N7O. The molecule has 0 N–H and O–H groups in total. The number of hydrogen-bond acceptors (Lipinski definition) is 5. The molecule has 8 heteroatoms. The third-order valence-corrected chi connectivity index (χ3v) is 6.60. The van der Waals surface area contributed by atoms with E-state index in [1.807, 2.05) is 65.2 Å². The van der Waals surface area contributed by atoms with Gasteiger partial charge >= 0.3 is 5.69 Å². The Balaban J connectivity index is 1.39. The first kappa shape index (κ1) is 21.9. The molecule has 4 aromatic heterocycles. The van der Waals surface area contributed by atoms with Crippen molar-refractivity contribution in [3.8, 4) is 22.6 Å². The lowest BCUT2D eigenvalue weighted by Crippen LogP contribution is -2.22. The Bertz CT molecular complexity index is 1770. The van der Waals surface area contributed by atoms with Crippen molar-refractivity contribution in [3.05, 3.63) is 101 Å². The van der Waals surface area contributed by atoms with Gasteiger partial charge in [-0.2, -0.15) is 5.10 Å². The van der Waals surface area contributed by atoms with E-state index in [0.29, 0.717) is 29.5 Å². The number of aromatic nitrogens is 7. The second-order valence-corrected chi connectivity index (χ2v) is 9.21. The number of pyridine rings is 1. The average Bonchev–Trinajstić information content (AvgIpc) is 3.48. The summed E-state index contributed by atoms with van der Waals surface area (Å²) in [6, 6.07) is 22.2. The van der Waals surface area contributed by atoms with Gasteiger partial charge in [0.25, 0.3) is 0 Å². The molecule has 0 saturated carbocycles. The summed E-state index contributed by atoms with van der Waals surface area (Å²) in [5.41, 5.74) is 7.17. The van der Waals surface area contributed by atoms with Crippen LogP contribution in [0.25, 0.3) is 39.5 Å². The lowest BCUT2D eigenvalue weighted by atomic mass is 9.97. The van der Waals surface area contributed by atoms with Crippen molar-refractivity contribution in [2.45, 2.75) is 26.3 Å². The van der Waals surface area contributed by atoms with Gasteiger partial charge in [-0.3, -0.25) is 9.13 Å². The number of rotatable bonds is 5. The standard InChI is InChI=1S/C28H25N7O/c1-18(2)21-7-4-5-8-22(21)26-29-15-24-27(32-26)34(28(36)33(24)3)16-19-11-13-20(14-12-19)23-9-6-10-25-30-17-31-35(23)25/h4-15,17-18H,16H2,1-3H3. The zero-order chi connectivity index (χ0) is 24.8. The third-order valence-electron chi connectivity index (χ3n) is 6.60. The van der Waals surface area contributed by atoms with E-state index in [2.05, 4.69) is 35.0 Å². The predicted octanol–water partition coefficient (Wildman–Crippen LogP) is 4.68. The minimum absolute atomic E-state index is 0.120. The average molecular weight is 476 g/mol. The molecule has 0 spiro atoms. The summed E-state index contributed by atoms with van der Waals surface area (Å²) in [6.45, 7) is 4.72. The Morgan fingerprint density at radius 2 is 1.72 bits per heavy atom. The lowest BCUT2D eigenvalue weighted by Gasteiger charge is -2.11. The second-order valence-electron chi connectivity index (χ2n) is 9.21. The number of hydrogen-bond donors (Lipinski definition) is 0. The van der Waals surface area contributed by atoms with Crippen molar-refractivity contribution in [1.82, 2.24) is 33.7 Å². The Labute approximate surface area is 207 Å². The monoisotopic (exact) mass is 475 g/mol. The second kappa shape index (κ2) is 8.57. The lowest BCUT2D eigenvalue weighted by molar-refractivity contribution is 0.731. The van der Waals surface area contributed by atoms with Crippen LogP contribution in [0.1, 0.15) is 30.9 Å². The summed E-state index contributed by atoms with van der Waals surface area (Å²) in [5.74, 6) is 0.961. The van der Waals surface area contributed by atoms with Gasteiger partial charge in [0.05, 0.1) is 18.4 Å². The zero-order valence-electron chi connectivity index (χ0n) is 20.3. The number of benzene rings is 2. The molecular weight excluding hydrogens is 450 g/mol. The minimum Gasteiger partial charge on any atom is -0.292 e. The Morgan fingerprint density at radius 3 is 2.53 bits per heavy atom. The van der Waals surface area contributed by atoms with E-state index in [-0.39, 0.29) is 5.69 Å². The van der Waals surface area contributed by atoms with Gasteiger partial charge in [0.2, 0.25) is 0 Å². The van der Waals surface area contributed by atoms with Crippen LogP contribution >= 0.6 is 0 Å². The summed E-state index contributed by atoms with van der Waals surface area (Å²) in [6.07, 6.45) is 3.30. The third kappa shape index (κ3) is 3.58. The van der Waals surface area contributed by atoms with Crippen LogP contribution in [0.15, 0.2) is 84.0 Å². The summed E-state index contributed by atoms with van der Waals surface area (Å²) in [5, 5.41) is 4.33. The fourth-order valence-corrected chi connectivity index (χ4v) is 4.68. The van der Waals surface area contributed by atoms with Gasteiger partial charge in [0, 0.05) is 18.2 Å². The fourth-order valence-electron chi connectivity index (χ4n) is 4.68. The predicted molar refractivity (Wildman–Crippen MR) is 140 cm³/mol. The van der Waals surface area contributed by atoms with Crippen LogP contribution in [0, 0.1) is 0 Å². The van der Waals surface area contributed by atoms with Crippen LogP contribution in [0.3, 0.4) is 0 Å². The molecule has 0 atom stereocenters. The Hall–Kier alpha value is -4.59. The van der Waals surface area contributed by atoms with Crippen molar-refractivity contribution in [2.24, 2.45) is 7.05 Å². The summed E-state index contributed by atoms with van der Waals surface area (Å²) in [4.78, 5) is 26.9. The van der Waals surface area contributed by atoms with Crippen molar-refractivity contribution in [2.75, 3.05) is 0 Å². The molecule has 0 bridgehead atoms. The normalized spacial score (nSPS) is 11.7. The van der Waals surface area contributed by atoms with Crippen LogP contribution in [0.4, 0.5) is 0 Å². The van der Waals surface area contributed by atoms with Crippen molar-refractivity contribution in [1.29, 1.82) is 0 Å². The van der Waals surface area contributed by atoms with Crippen LogP contribution in [0.5, 0.6) is 0 Å². The molecule has 0 unspecified atom stereocenters. The summed E-state index contributed by atoms with van der Waals surface area (Å²) >= 11 is 0. The molecule has 0 saturated heterocycles. The van der Waals surface area contributed by atoms with E-state index >= 15 is 0 Å². The molecule has 2 aromatic carbocycles. The highest BCUT2D eigenvalue weighted by Crippen LogP contribution is 2.28. The zero-order valence-corrected chi connectivity index (χ0v) is 20.3. The smallest absolute Gasteiger partial charge is 0.292 e. The number of aryl methyl sites for hydroxylation is 1. The van der Waals surface area contributed by atoms with Gasteiger partial charge in [-0.1, -0.05) is 68.4 Å². The maximum absolute atomic E-state index is 13.2.